The van der Waals surface area contributed by atoms with E-state index in [4.69, 9.17) is 0 Å². The molecule has 0 radical (unpaired) electrons. The van der Waals surface area contributed by atoms with Crippen LogP contribution in [0, 0.1) is 11.8 Å². The van der Waals surface area contributed by atoms with E-state index >= 15 is 0 Å². The number of benzene rings is 2. The number of allylic oxidation sites excluding steroid dienone is 1. The van der Waals surface area contributed by atoms with Crippen molar-refractivity contribution in [3.8, 4) is 0 Å². The lowest BCUT2D eigenvalue weighted by Gasteiger charge is -2.39. The molecule has 0 aliphatic carbocycles. The minimum Gasteiger partial charge on any atom is -0.357 e. The summed E-state index contributed by atoms with van der Waals surface area (Å²) in [6.07, 6.45) is 0.205. The van der Waals surface area contributed by atoms with E-state index in [0.29, 0.717) is 11.5 Å². The summed E-state index contributed by atoms with van der Waals surface area (Å²) in [6, 6.07) is 18.1. The standard InChI is InChI=1S/C28H37N3O4/c1-19(2)17-21(18-24(32)31(35)20(3)4)26(33)30-25(27(34)29-6)28(5,22-13-9-7-10-14-22)23-15-11-8-12-16-23/h7-16,19,21,25,35H,3,17-18H2,1-2,4-6H3,(H,29,34)(H,30,33)/t21-,25-/m1/s1. The van der Waals surface area contributed by atoms with Gasteiger partial charge < -0.3 is 10.6 Å². The molecule has 0 fully saturated rings. The van der Waals surface area contributed by atoms with Crippen LogP contribution in [-0.2, 0) is 19.8 Å². The zero-order valence-electron chi connectivity index (χ0n) is 21.2. The number of hydrogen-bond donors (Lipinski definition) is 3. The molecule has 0 saturated carbocycles. The van der Waals surface area contributed by atoms with Gasteiger partial charge in [0, 0.05) is 30.5 Å². The Morgan fingerprint density at radius 2 is 1.46 bits per heavy atom. The lowest BCUT2D eigenvalue weighted by atomic mass is 9.70. The Hall–Kier alpha value is -3.45. The van der Waals surface area contributed by atoms with Gasteiger partial charge in [-0.05, 0) is 37.3 Å². The van der Waals surface area contributed by atoms with E-state index < -0.39 is 29.2 Å². The van der Waals surface area contributed by atoms with Gasteiger partial charge in [-0.3, -0.25) is 19.6 Å². The first kappa shape index (κ1) is 27.8. The average molecular weight is 480 g/mol. The molecule has 0 heterocycles. The van der Waals surface area contributed by atoms with Crippen LogP contribution in [0.5, 0.6) is 0 Å². The van der Waals surface area contributed by atoms with Gasteiger partial charge in [0.15, 0.2) is 0 Å². The quantitative estimate of drug-likeness (QED) is 0.335. The van der Waals surface area contributed by atoms with Crippen molar-refractivity contribution in [2.75, 3.05) is 7.05 Å². The van der Waals surface area contributed by atoms with Crippen molar-refractivity contribution >= 4 is 17.7 Å². The highest BCUT2D eigenvalue weighted by atomic mass is 16.5. The molecule has 188 valence electrons. The first-order chi connectivity index (χ1) is 16.5. The van der Waals surface area contributed by atoms with Crippen LogP contribution < -0.4 is 10.6 Å². The van der Waals surface area contributed by atoms with Gasteiger partial charge in [0.2, 0.25) is 11.8 Å². The maximum absolute atomic E-state index is 13.6. The normalized spacial score (nSPS) is 13.0. The van der Waals surface area contributed by atoms with Crippen LogP contribution in [0.1, 0.15) is 51.7 Å². The van der Waals surface area contributed by atoms with Crippen LogP contribution >= 0.6 is 0 Å². The lowest BCUT2D eigenvalue weighted by Crippen LogP contribution is -2.58. The highest BCUT2D eigenvalue weighted by Crippen LogP contribution is 2.36. The molecule has 7 heteroatoms. The number of hydrogen-bond acceptors (Lipinski definition) is 4. The molecule has 0 unspecified atom stereocenters. The van der Waals surface area contributed by atoms with Gasteiger partial charge >= 0.3 is 0 Å². The van der Waals surface area contributed by atoms with Crippen molar-refractivity contribution in [2.24, 2.45) is 11.8 Å². The maximum atomic E-state index is 13.6. The number of rotatable bonds is 11. The van der Waals surface area contributed by atoms with Gasteiger partial charge in [-0.15, -0.1) is 0 Å². The second-order valence-corrected chi connectivity index (χ2v) is 9.46. The van der Waals surface area contributed by atoms with Gasteiger partial charge in [-0.25, -0.2) is 0 Å². The second kappa shape index (κ2) is 12.3. The Bertz CT molecular complexity index is 982. The van der Waals surface area contributed by atoms with Crippen LogP contribution in [0.25, 0.3) is 0 Å². The zero-order chi connectivity index (χ0) is 26.2. The Labute approximate surface area is 208 Å². The fourth-order valence-electron chi connectivity index (χ4n) is 4.31. The third kappa shape index (κ3) is 6.79. The number of carbonyl (C=O) groups is 3. The SMILES string of the molecule is C=C(C)N(O)C(=O)C[C@@H](CC(C)C)C(=O)N[C@H](C(=O)NC)C(C)(c1ccccc1)c1ccccc1. The van der Waals surface area contributed by atoms with Crippen LogP contribution in [0.3, 0.4) is 0 Å². The second-order valence-electron chi connectivity index (χ2n) is 9.46. The fourth-order valence-corrected chi connectivity index (χ4v) is 4.31. The van der Waals surface area contributed by atoms with Gasteiger partial charge in [0.25, 0.3) is 5.91 Å². The summed E-state index contributed by atoms with van der Waals surface area (Å²) in [5, 5.41) is 16.1. The Kier molecular flexibility index (Phi) is 9.78. The van der Waals surface area contributed by atoms with Crippen molar-refractivity contribution in [3.63, 3.8) is 0 Å². The van der Waals surface area contributed by atoms with Crippen molar-refractivity contribution < 1.29 is 19.6 Å². The Balaban J connectivity index is 2.51. The Morgan fingerprint density at radius 3 is 1.86 bits per heavy atom. The first-order valence-corrected chi connectivity index (χ1v) is 11.8. The molecule has 0 aromatic heterocycles. The molecular formula is C28H37N3O4. The van der Waals surface area contributed by atoms with Crippen molar-refractivity contribution in [2.45, 2.75) is 52.0 Å². The van der Waals surface area contributed by atoms with E-state index in [1.165, 1.54) is 14.0 Å². The molecule has 35 heavy (non-hydrogen) atoms. The van der Waals surface area contributed by atoms with E-state index in [-0.39, 0.29) is 23.9 Å². The fraction of sp³-hybridized carbons (Fsp3) is 0.393. The number of nitrogens with one attached hydrogen (secondary N) is 2. The smallest absolute Gasteiger partial charge is 0.251 e. The van der Waals surface area contributed by atoms with Crippen LogP contribution in [0.4, 0.5) is 0 Å². The first-order valence-electron chi connectivity index (χ1n) is 11.8. The zero-order valence-corrected chi connectivity index (χ0v) is 21.2. The van der Waals surface area contributed by atoms with Crippen molar-refractivity contribution in [1.29, 1.82) is 0 Å². The summed E-state index contributed by atoms with van der Waals surface area (Å²) < 4.78 is 0. The van der Waals surface area contributed by atoms with Gasteiger partial charge in [-0.1, -0.05) is 81.1 Å². The van der Waals surface area contributed by atoms with E-state index in [9.17, 15) is 19.6 Å². The molecule has 2 aromatic rings. The molecule has 7 nitrogen and oxygen atoms in total. The van der Waals surface area contributed by atoms with Gasteiger partial charge in [-0.2, -0.15) is 5.06 Å². The van der Waals surface area contributed by atoms with E-state index in [1.807, 2.05) is 81.4 Å². The number of likely N-dealkylation sites (N-methyl/N-ethyl adjacent to an activating group) is 1. The van der Waals surface area contributed by atoms with Crippen molar-refractivity contribution in [1.82, 2.24) is 15.7 Å². The van der Waals surface area contributed by atoms with Crippen LogP contribution in [0.2, 0.25) is 0 Å². The van der Waals surface area contributed by atoms with E-state index in [2.05, 4.69) is 17.2 Å². The third-order valence-corrected chi connectivity index (χ3v) is 6.27. The van der Waals surface area contributed by atoms with Gasteiger partial charge in [0.05, 0.1) is 0 Å². The lowest BCUT2D eigenvalue weighted by molar-refractivity contribution is -0.159. The predicted octanol–water partition coefficient (Wildman–Crippen LogP) is 4.03. The summed E-state index contributed by atoms with van der Waals surface area (Å²) >= 11 is 0. The molecule has 3 N–H and O–H groups in total. The molecule has 3 amide bonds. The van der Waals surface area contributed by atoms with Gasteiger partial charge in [0.1, 0.15) is 6.04 Å². The molecule has 0 saturated heterocycles. The molecule has 0 spiro atoms. The summed E-state index contributed by atoms with van der Waals surface area (Å²) in [7, 11) is 1.53. The topological polar surface area (TPSA) is 98.7 Å². The van der Waals surface area contributed by atoms with Crippen LogP contribution in [0.15, 0.2) is 72.9 Å². The Morgan fingerprint density at radius 1 is 0.971 bits per heavy atom. The van der Waals surface area contributed by atoms with E-state index in [1.54, 1.807) is 0 Å². The number of amides is 3. The molecule has 2 aromatic carbocycles. The molecule has 0 aliphatic heterocycles. The molecule has 2 atom stereocenters. The highest BCUT2D eigenvalue weighted by molar-refractivity contribution is 5.92. The monoisotopic (exact) mass is 479 g/mol. The maximum Gasteiger partial charge on any atom is 0.251 e. The average Bonchev–Trinajstić information content (AvgIpc) is 2.85. The molecule has 2 rings (SSSR count). The summed E-state index contributed by atoms with van der Waals surface area (Å²) in [6.45, 7) is 10.9. The molecule has 0 aliphatic rings. The van der Waals surface area contributed by atoms with E-state index in [0.717, 1.165) is 11.1 Å². The van der Waals surface area contributed by atoms with Crippen LogP contribution in [-0.4, -0.2) is 41.1 Å². The van der Waals surface area contributed by atoms with Crippen molar-refractivity contribution in [3.05, 3.63) is 84.1 Å². The minimum atomic E-state index is -0.957. The predicted molar refractivity (Wildman–Crippen MR) is 136 cm³/mol. The number of hydroxylamine groups is 2. The summed E-state index contributed by atoms with van der Waals surface area (Å²) in [5.74, 6) is -2.02. The molecule has 0 bridgehead atoms. The summed E-state index contributed by atoms with van der Waals surface area (Å²) in [4.78, 5) is 39.4. The minimum absolute atomic E-state index is 0.114. The number of carbonyl (C=O) groups excluding carboxylic acids is 3. The third-order valence-electron chi connectivity index (χ3n) is 6.27. The summed E-state index contributed by atoms with van der Waals surface area (Å²) in [5.41, 5.74) is 0.995. The largest absolute Gasteiger partial charge is 0.357 e. The number of nitrogens with zero attached hydrogens (tertiary/aromatic N) is 1. The highest BCUT2D eigenvalue weighted by Gasteiger charge is 2.43. The molecular weight excluding hydrogens is 442 g/mol.